The summed E-state index contributed by atoms with van der Waals surface area (Å²) in [5.74, 6) is -1.57. The van der Waals surface area contributed by atoms with Gasteiger partial charge in [0.05, 0.1) is 17.9 Å². The molecule has 8 nitrogen and oxygen atoms in total. The van der Waals surface area contributed by atoms with E-state index in [4.69, 9.17) is 27.9 Å². The van der Waals surface area contributed by atoms with Crippen molar-refractivity contribution in [2.75, 3.05) is 25.5 Å². The van der Waals surface area contributed by atoms with Gasteiger partial charge in [-0.15, -0.1) is 0 Å². The average Bonchev–Trinajstić information content (AvgIpc) is 3.63. The van der Waals surface area contributed by atoms with Gasteiger partial charge in [-0.3, -0.25) is 14.4 Å². The van der Waals surface area contributed by atoms with Crippen molar-refractivity contribution in [1.29, 1.82) is 0 Å². The van der Waals surface area contributed by atoms with Crippen molar-refractivity contribution >= 4 is 46.6 Å². The molecule has 3 aliphatic heterocycles. The van der Waals surface area contributed by atoms with E-state index in [1.807, 2.05) is 30.4 Å². The molecule has 2 aromatic rings. The molecular formula is C35H42Cl2N4O4. The molecule has 6 rings (SSSR count). The summed E-state index contributed by atoms with van der Waals surface area (Å²) in [7, 11) is 2.05. The number of nitrogens with one attached hydrogen (secondary N) is 2. The number of ether oxygens (including phenoxy) is 1. The number of benzene rings is 2. The summed E-state index contributed by atoms with van der Waals surface area (Å²) in [4.78, 5) is 46.3. The van der Waals surface area contributed by atoms with E-state index >= 15 is 0 Å². The van der Waals surface area contributed by atoms with Gasteiger partial charge in [-0.05, 0) is 62.0 Å². The highest BCUT2D eigenvalue weighted by molar-refractivity contribution is 6.35. The Kier molecular flexibility index (Phi) is 9.31. The molecule has 2 bridgehead atoms. The van der Waals surface area contributed by atoms with Crippen LogP contribution in [-0.4, -0.2) is 71.4 Å². The molecule has 2 aromatic carbocycles. The van der Waals surface area contributed by atoms with Crippen LogP contribution in [0.4, 0.5) is 5.69 Å². The number of nitrogens with zero attached hydrogens (tertiary/aromatic N) is 2. The van der Waals surface area contributed by atoms with Gasteiger partial charge in [0.2, 0.25) is 17.7 Å². The summed E-state index contributed by atoms with van der Waals surface area (Å²) in [6.07, 6.45) is 6.86. The molecule has 6 unspecified atom stereocenters. The lowest BCUT2D eigenvalue weighted by Crippen LogP contribution is -2.58. The Balaban J connectivity index is 1.23. The predicted octanol–water partition coefficient (Wildman–Crippen LogP) is 5.55. The maximum Gasteiger partial charge on any atom is 0.246 e. The van der Waals surface area contributed by atoms with Crippen molar-refractivity contribution in [3.05, 3.63) is 76.3 Å². The van der Waals surface area contributed by atoms with Crippen molar-refractivity contribution in [3.63, 3.8) is 0 Å². The third-order valence-electron chi connectivity index (χ3n) is 10.3. The maximum atomic E-state index is 14.3. The number of halogens is 2. The molecule has 2 N–H and O–H groups in total. The predicted molar refractivity (Wildman–Crippen MR) is 176 cm³/mol. The van der Waals surface area contributed by atoms with E-state index in [-0.39, 0.29) is 23.8 Å². The number of hydrogen-bond acceptors (Lipinski definition) is 5. The smallest absolute Gasteiger partial charge is 0.246 e. The summed E-state index contributed by atoms with van der Waals surface area (Å²) in [5.41, 5.74) is 0.445. The normalized spacial score (nSPS) is 31.8. The highest BCUT2D eigenvalue weighted by atomic mass is 35.5. The summed E-state index contributed by atoms with van der Waals surface area (Å²) < 4.78 is 6.52. The van der Waals surface area contributed by atoms with E-state index in [9.17, 15) is 14.4 Å². The quantitative estimate of drug-likeness (QED) is 0.329. The Morgan fingerprint density at radius 3 is 2.53 bits per heavy atom. The minimum Gasteiger partial charge on any atom is -0.359 e. The van der Waals surface area contributed by atoms with Crippen LogP contribution >= 0.6 is 23.2 Å². The lowest BCUT2D eigenvalue weighted by molar-refractivity contribution is -0.141. The highest BCUT2D eigenvalue weighted by Gasteiger charge is 2.72. The molecule has 45 heavy (non-hydrogen) atoms. The molecule has 1 spiro atoms. The first-order chi connectivity index (χ1) is 21.6. The van der Waals surface area contributed by atoms with E-state index in [1.165, 1.54) is 5.56 Å². The molecule has 3 amide bonds. The number of carbonyl (C=O) groups excluding carboxylic acids is 3. The lowest BCUT2D eigenvalue weighted by Gasteiger charge is -2.38. The second kappa shape index (κ2) is 13.1. The van der Waals surface area contributed by atoms with Crippen LogP contribution in [0.2, 0.25) is 10.0 Å². The Morgan fingerprint density at radius 2 is 1.80 bits per heavy atom. The van der Waals surface area contributed by atoms with Gasteiger partial charge >= 0.3 is 0 Å². The van der Waals surface area contributed by atoms with Crippen molar-refractivity contribution in [1.82, 2.24) is 15.1 Å². The van der Waals surface area contributed by atoms with E-state index in [0.717, 1.165) is 32.4 Å². The number of likely N-dealkylation sites (tertiary alicyclic amines) is 1. The monoisotopic (exact) mass is 652 g/mol. The Labute approximate surface area is 275 Å². The van der Waals surface area contributed by atoms with E-state index in [2.05, 4.69) is 48.6 Å². The second-order valence-electron chi connectivity index (χ2n) is 13.3. The van der Waals surface area contributed by atoms with Gasteiger partial charge in [0.25, 0.3) is 0 Å². The van der Waals surface area contributed by atoms with Gasteiger partial charge in [-0.1, -0.05) is 92.4 Å². The van der Waals surface area contributed by atoms with Crippen LogP contribution in [0, 0.1) is 23.7 Å². The molecule has 3 heterocycles. The molecule has 4 aliphatic rings. The van der Waals surface area contributed by atoms with Gasteiger partial charge in [0.1, 0.15) is 11.6 Å². The molecule has 1 saturated carbocycles. The number of amides is 3. The minimum absolute atomic E-state index is 0.0277. The average molecular weight is 654 g/mol. The number of fused-ring (bicyclic) bond motifs is 1. The van der Waals surface area contributed by atoms with Crippen molar-refractivity contribution in [3.8, 4) is 0 Å². The maximum absolute atomic E-state index is 14.3. The number of anilines is 1. The largest absolute Gasteiger partial charge is 0.359 e. The summed E-state index contributed by atoms with van der Waals surface area (Å²) in [5, 5.41) is 7.00. The van der Waals surface area contributed by atoms with Gasteiger partial charge in [-0.2, -0.15) is 0 Å². The number of carbonyl (C=O) groups is 3. The van der Waals surface area contributed by atoms with E-state index in [1.54, 1.807) is 23.1 Å². The third-order valence-corrected chi connectivity index (χ3v) is 10.8. The first kappa shape index (κ1) is 32.0. The van der Waals surface area contributed by atoms with Crippen LogP contribution in [0.1, 0.15) is 45.1 Å². The van der Waals surface area contributed by atoms with Crippen molar-refractivity contribution in [2.45, 2.75) is 69.9 Å². The summed E-state index contributed by atoms with van der Waals surface area (Å²) in [6.45, 7) is 6.32. The third kappa shape index (κ3) is 6.27. The molecule has 3 fully saturated rings. The SMILES string of the molecule is CC1CCCC(NC(=O)C2N(CCCN(C)Cc3ccccc3)C(=O)[C@@H]3C(C(=O)Nc4cc(Cl)cc(Cl)c4)[C@@H]4C=CC23O4)C1C. The van der Waals surface area contributed by atoms with Gasteiger partial charge in [-0.25, -0.2) is 0 Å². The Bertz CT molecular complexity index is 1450. The first-order valence-electron chi connectivity index (χ1n) is 16.0. The molecule has 0 radical (unpaired) electrons. The zero-order valence-corrected chi connectivity index (χ0v) is 27.6. The number of rotatable bonds is 10. The fourth-order valence-electron chi connectivity index (χ4n) is 7.89. The molecule has 2 saturated heterocycles. The van der Waals surface area contributed by atoms with Crippen LogP contribution in [0.15, 0.2) is 60.7 Å². The molecule has 1 aliphatic carbocycles. The van der Waals surface area contributed by atoms with Crippen LogP contribution < -0.4 is 10.6 Å². The zero-order chi connectivity index (χ0) is 31.9. The van der Waals surface area contributed by atoms with Crippen molar-refractivity contribution < 1.29 is 19.1 Å². The van der Waals surface area contributed by atoms with E-state index in [0.29, 0.717) is 40.5 Å². The van der Waals surface area contributed by atoms with Gasteiger partial charge in [0, 0.05) is 34.9 Å². The lowest BCUT2D eigenvalue weighted by atomic mass is 9.73. The van der Waals surface area contributed by atoms with Gasteiger partial charge in [0.15, 0.2) is 0 Å². The fourth-order valence-corrected chi connectivity index (χ4v) is 8.42. The van der Waals surface area contributed by atoms with Crippen LogP contribution in [0.5, 0.6) is 0 Å². The molecule has 240 valence electrons. The topological polar surface area (TPSA) is 91.0 Å². The molecule has 0 aromatic heterocycles. The minimum atomic E-state index is -1.21. The van der Waals surface area contributed by atoms with Gasteiger partial charge < -0.3 is 25.2 Å². The van der Waals surface area contributed by atoms with Crippen molar-refractivity contribution in [2.24, 2.45) is 23.7 Å². The summed E-state index contributed by atoms with van der Waals surface area (Å²) in [6, 6.07) is 14.2. The molecule has 10 heteroatoms. The van der Waals surface area contributed by atoms with Crippen LogP contribution in [0.3, 0.4) is 0 Å². The molecular weight excluding hydrogens is 611 g/mol. The number of hydrogen-bond donors (Lipinski definition) is 2. The van der Waals surface area contributed by atoms with Crippen LogP contribution in [-0.2, 0) is 25.7 Å². The Hall–Kier alpha value is -2.91. The fraction of sp³-hybridized carbons (Fsp3) is 0.514. The molecule has 8 atom stereocenters. The van der Waals surface area contributed by atoms with Crippen LogP contribution in [0.25, 0.3) is 0 Å². The van der Waals surface area contributed by atoms with E-state index < -0.39 is 29.6 Å². The standard InChI is InChI=1S/C35H42Cl2N4O4/c1-21-9-7-12-27(22(21)2)39-33(43)31-35-14-13-28(45-35)29(32(42)38-26-18-24(36)17-25(37)19-26)30(35)34(44)41(31)16-8-15-40(3)20-23-10-5-4-6-11-23/h4-6,10-11,13-14,17-19,21-22,27-31H,7-9,12,15-16,20H2,1-3H3,(H,38,42)(H,39,43)/t21?,22?,27?,28-,29?,30-,31?,35?/m0/s1. The Morgan fingerprint density at radius 1 is 1.07 bits per heavy atom. The summed E-state index contributed by atoms with van der Waals surface area (Å²) >= 11 is 12.4. The zero-order valence-electron chi connectivity index (χ0n) is 26.0. The first-order valence-corrected chi connectivity index (χ1v) is 16.8. The second-order valence-corrected chi connectivity index (χ2v) is 14.2. The highest BCUT2D eigenvalue weighted by Crippen LogP contribution is 2.55.